The van der Waals surface area contributed by atoms with Crippen molar-refractivity contribution >= 4 is 18.3 Å². The van der Waals surface area contributed by atoms with Gasteiger partial charge in [-0.25, -0.2) is 0 Å². The van der Waals surface area contributed by atoms with E-state index in [4.69, 9.17) is 0 Å². The minimum absolute atomic E-state index is 0. The Hall–Kier alpha value is -0.280. The minimum atomic E-state index is 0. The third-order valence-corrected chi connectivity index (χ3v) is 3.98. The van der Waals surface area contributed by atoms with Gasteiger partial charge < -0.3 is 10.6 Å². The van der Waals surface area contributed by atoms with E-state index in [2.05, 4.69) is 17.6 Å². The van der Waals surface area contributed by atoms with Crippen LogP contribution in [-0.2, 0) is 4.79 Å². The lowest BCUT2D eigenvalue weighted by atomic mass is 9.80. The molecule has 1 aliphatic carbocycles. The zero-order valence-electron chi connectivity index (χ0n) is 10.1. The Bertz CT molecular complexity index is 235. The van der Waals surface area contributed by atoms with Gasteiger partial charge in [-0.3, -0.25) is 4.79 Å². The Balaban J connectivity index is 0.00000128. The van der Waals surface area contributed by atoms with Crippen LogP contribution in [0.15, 0.2) is 0 Å². The number of amides is 1. The highest BCUT2D eigenvalue weighted by Crippen LogP contribution is 2.29. The molecule has 2 aliphatic rings. The lowest BCUT2D eigenvalue weighted by Gasteiger charge is -2.35. The SMILES string of the molecule is CC1(CNC(=O)C2CCC2)CCNCC1.Cl. The molecule has 0 spiro atoms. The van der Waals surface area contributed by atoms with E-state index < -0.39 is 0 Å². The molecule has 2 N–H and O–H groups in total. The fraction of sp³-hybridized carbons (Fsp3) is 0.917. The summed E-state index contributed by atoms with van der Waals surface area (Å²) in [6.45, 7) is 5.34. The van der Waals surface area contributed by atoms with Gasteiger partial charge in [-0.15, -0.1) is 12.4 Å². The van der Waals surface area contributed by atoms with Crippen molar-refractivity contribution in [2.75, 3.05) is 19.6 Å². The normalized spacial score (nSPS) is 24.1. The van der Waals surface area contributed by atoms with Crippen LogP contribution in [0.2, 0.25) is 0 Å². The molecule has 94 valence electrons. The zero-order valence-corrected chi connectivity index (χ0v) is 10.9. The van der Waals surface area contributed by atoms with Gasteiger partial charge in [-0.05, 0) is 44.2 Å². The highest BCUT2D eigenvalue weighted by Gasteiger charge is 2.30. The van der Waals surface area contributed by atoms with Crippen molar-refractivity contribution in [1.29, 1.82) is 0 Å². The molecule has 2 fully saturated rings. The van der Waals surface area contributed by atoms with Crippen molar-refractivity contribution in [3.63, 3.8) is 0 Å². The van der Waals surface area contributed by atoms with Gasteiger partial charge in [0.15, 0.2) is 0 Å². The summed E-state index contributed by atoms with van der Waals surface area (Å²) in [5.74, 6) is 0.622. The monoisotopic (exact) mass is 246 g/mol. The summed E-state index contributed by atoms with van der Waals surface area (Å²) in [6, 6.07) is 0. The van der Waals surface area contributed by atoms with E-state index >= 15 is 0 Å². The molecule has 0 aromatic heterocycles. The number of piperidine rings is 1. The highest BCUT2D eigenvalue weighted by atomic mass is 35.5. The molecule has 2 rings (SSSR count). The summed E-state index contributed by atoms with van der Waals surface area (Å²) in [6.07, 6.45) is 5.80. The zero-order chi connectivity index (χ0) is 10.7. The first-order valence-electron chi connectivity index (χ1n) is 6.18. The molecule has 0 aromatic rings. The maximum Gasteiger partial charge on any atom is 0.223 e. The Labute approximate surface area is 104 Å². The van der Waals surface area contributed by atoms with Gasteiger partial charge in [0.1, 0.15) is 0 Å². The molecule has 3 nitrogen and oxygen atoms in total. The molecular weight excluding hydrogens is 224 g/mol. The molecule has 4 heteroatoms. The first-order valence-corrected chi connectivity index (χ1v) is 6.18. The maximum absolute atomic E-state index is 11.7. The summed E-state index contributed by atoms with van der Waals surface area (Å²) in [7, 11) is 0. The van der Waals surface area contributed by atoms with E-state index in [1.165, 1.54) is 19.3 Å². The van der Waals surface area contributed by atoms with Gasteiger partial charge in [0, 0.05) is 12.5 Å². The fourth-order valence-corrected chi connectivity index (χ4v) is 2.32. The van der Waals surface area contributed by atoms with E-state index in [1.807, 2.05) is 0 Å². The van der Waals surface area contributed by atoms with Crippen molar-refractivity contribution in [3.8, 4) is 0 Å². The third kappa shape index (κ3) is 3.36. The van der Waals surface area contributed by atoms with Crippen molar-refractivity contribution in [3.05, 3.63) is 0 Å². The van der Waals surface area contributed by atoms with E-state index in [0.717, 1.165) is 32.5 Å². The Morgan fingerprint density at radius 3 is 2.50 bits per heavy atom. The first kappa shape index (κ1) is 13.8. The predicted molar refractivity (Wildman–Crippen MR) is 67.8 cm³/mol. The lowest BCUT2D eigenvalue weighted by molar-refractivity contribution is -0.127. The van der Waals surface area contributed by atoms with Crippen molar-refractivity contribution in [1.82, 2.24) is 10.6 Å². The molecule has 1 saturated heterocycles. The van der Waals surface area contributed by atoms with Crippen molar-refractivity contribution in [2.45, 2.75) is 39.0 Å². The number of hydrogen-bond acceptors (Lipinski definition) is 2. The van der Waals surface area contributed by atoms with Gasteiger partial charge in [-0.2, -0.15) is 0 Å². The quantitative estimate of drug-likeness (QED) is 0.796. The molecule has 0 atom stereocenters. The highest BCUT2D eigenvalue weighted by molar-refractivity contribution is 5.85. The largest absolute Gasteiger partial charge is 0.355 e. The average molecular weight is 247 g/mol. The summed E-state index contributed by atoms with van der Waals surface area (Å²) in [4.78, 5) is 11.7. The van der Waals surface area contributed by atoms with E-state index in [-0.39, 0.29) is 12.4 Å². The number of carbonyl (C=O) groups excluding carboxylic acids is 1. The van der Waals surface area contributed by atoms with Crippen LogP contribution in [0.4, 0.5) is 0 Å². The Kier molecular flexibility index (Phi) is 5.06. The maximum atomic E-state index is 11.7. The molecule has 1 heterocycles. The number of carbonyl (C=O) groups is 1. The van der Waals surface area contributed by atoms with E-state index in [0.29, 0.717) is 17.2 Å². The number of rotatable bonds is 3. The predicted octanol–water partition coefficient (Wildman–Crippen LogP) is 1.71. The fourth-order valence-electron chi connectivity index (χ4n) is 2.32. The molecular formula is C12H23ClN2O. The third-order valence-electron chi connectivity index (χ3n) is 3.98. The van der Waals surface area contributed by atoms with Gasteiger partial charge in [-0.1, -0.05) is 13.3 Å². The second-order valence-corrected chi connectivity index (χ2v) is 5.41. The van der Waals surface area contributed by atoms with Crippen LogP contribution in [0, 0.1) is 11.3 Å². The summed E-state index contributed by atoms with van der Waals surface area (Å²) < 4.78 is 0. The van der Waals surface area contributed by atoms with Crippen LogP contribution in [0.5, 0.6) is 0 Å². The van der Waals surface area contributed by atoms with Crippen molar-refractivity contribution < 1.29 is 4.79 Å². The number of nitrogens with one attached hydrogen (secondary N) is 2. The Morgan fingerprint density at radius 2 is 2.00 bits per heavy atom. The van der Waals surface area contributed by atoms with Crippen molar-refractivity contribution in [2.24, 2.45) is 11.3 Å². The van der Waals surface area contributed by atoms with Crippen LogP contribution in [0.1, 0.15) is 39.0 Å². The summed E-state index contributed by atoms with van der Waals surface area (Å²) >= 11 is 0. The van der Waals surface area contributed by atoms with Gasteiger partial charge in [0.2, 0.25) is 5.91 Å². The molecule has 0 bridgehead atoms. The number of hydrogen-bond donors (Lipinski definition) is 2. The van der Waals surface area contributed by atoms with Crippen LogP contribution in [0.25, 0.3) is 0 Å². The number of halogens is 1. The minimum Gasteiger partial charge on any atom is -0.355 e. The van der Waals surface area contributed by atoms with Gasteiger partial charge in [0.05, 0.1) is 0 Å². The molecule has 1 aliphatic heterocycles. The second kappa shape index (κ2) is 5.87. The van der Waals surface area contributed by atoms with E-state index in [1.54, 1.807) is 0 Å². The van der Waals surface area contributed by atoms with Crippen LogP contribution in [0.3, 0.4) is 0 Å². The van der Waals surface area contributed by atoms with E-state index in [9.17, 15) is 4.79 Å². The molecule has 0 unspecified atom stereocenters. The second-order valence-electron chi connectivity index (χ2n) is 5.41. The Morgan fingerprint density at radius 1 is 1.38 bits per heavy atom. The first-order chi connectivity index (χ1) is 7.20. The lowest BCUT2D eigenvalue weighted by Crippen LogP contribution is -2.45. The summed E-state index contributed by atoms with van der Waals surface area (Å²) in [5.41, 5.74) is 0.324. The molecule has 1 amide bonds. The van der Waals surface area contributed by atoms with Gasteiger partial charge >= 0.3 is 0 Å². The topological polar surface area (TPSA) is 41.1 Å². The van der Waals surface area contributed by atoms with Crippen LogP contribution < -0.4 is 10.6 Å². The molecule has 0 radical (unpaired) electrons. The van der Waals surface area contributed by atoms with Crippen LogP contribution in [-0.4, -0.2) is 25.5 Å². The molecule has 1 saturated carbocycles. The summed E-state index contributed by atoms with van der Waals surface area (Å²) in [5, 5.41) is 6.49. The van der Waals surface area contributed by atoms with Gasteiger partial charge in [0.25, 0.3) is 0 Å². The van der Waals surface area contributed by atoms with Crippen LogP contribution >= 0.6 is 12.4 Å². The molecule has 16 heavy (non-hydrogen) atoms. The average Bonchev–Trinajstić information content (AvgIpc) is 2.14. The standard InChI is InChI=1S/C12H22N2O.ClH/c1-12(5-7-13-8-6-12)9-14-11(15)10-3-2-4-10;/h10,13H,2-9H2,1H3,(H,14,15);1H. The molecule has 0 aromatic carbocycles. The smallest absolute Gasteiger partial charge is 0.223 e.